The molecular weight excluding hydrogens is 279 g/mol. The second-order valence-electron chi connectivity index (χ2n) is 4.05. The lowest BCUT2D eigenvalue weighted by Gasteiger charge is -2.04. The number of carbonyl (C=O) groups is 1. The van der Waals surface area contributed by atoms with Crippen LogP contribution in [0.3, 0.4) is 0 Å². The molecule has 4 heteroatoms. The molecule has 0 aliphatic heterocycles. The van der Waals surface area contributed by atoms with E-state index in [2.05, 4.69) is 16.9 Å². The number of halogens is 1. The number of benzene rings is 2. The molecule has 0 amide bonds. The van der Waals surface area contributed by atoms with E-state index >= 15 is 0 Å². The topological polar surface area (TPSA) is 26.3 Å². The molecule has 0 aromatic heterocycles. The van der Waals surface area contributed by atoms with E-state index in [4.69, 9.17) is 11.6 Å². The quantitative estimate of drug-likeness (QED) is 0.745. The molecule has 0 saturated heterocycles. The van der Waals surface area contributed by atoms with Crippen molar-refractivity contribution in [2.45, 2.75) is 6.16 Å². The molecule has 0 fully saturated rings. The third kappa shape index (κ3) is 4.05. The van der Waals surface area contributed by atoms with Gasteiger partial charge in [-0.05, 0) is 28.8 Å². The Balaban J connectivity index is 2.06. The minimum absolute atomic E-state index is 0.151. The average molecular weight is 293 g/mol. The number of hydrogen-bond donors (Lipinski definition) is 0. The lowest BCUT2D eigenvalue weighted by Crippen LogP contribution is -1.89. The Labute approximate surface area is 119 Å². The van der Waals surface area contributed by atoms with Crippen LogP contribution in [0.25, 0.3) is 11.1 Å². The van der Waals surface area contributed by atoms with Crippen molar-refractivity contribution >= 4 is 25.9 Å². The molecule has 2 rings (SSSR count). The van der Waals surface area contributed by atoms with Gasteiger partial charge in [0.2, 0.25) is 0 Å². The molecule has 0 heterocycles. The molecule has 0 spiro atoms. The fourth-order valence-corrected chi connectivity index (χ4v) is 2.56. The van der Waals surface area contributed by atoms with Crippen molar-refractivity contribution in [2.24, 2.45) is 0 Å². The van der Waals surface area contributed by atoms with Crippen molar-refractivity contribution in [3.8, 4) is 11.1 Å². The van der Waals surface area contributed by atoms with Gasteiger partial charge in [0.15, 0.2) is 0 Å². The molecule has 0 aliphatic carbocycles. The van der Waals surface area contributed by atoms with Gasteiger partial charge in [-0.3, -0.25) is 0 Å². The zero-order valence-corrected chi connectivity index (χ0v) is 12.3. The Morgan fingerprint density at radius 3 is 2.11 bits per heavy atom. The van der Waals surface area contributed by atoms with Gasteiger partial charge in [0, 0.05) is 19.8 Å². The molecule has 0 N–H and O–H groups in total. The van der Waals surface area contributed by atoms with Crippen LogP contribution in [0.5, 0.6) is 0 Å². The van der Waals surface area contributed by atoms with Gasteiger partial charge in [-0.1, -0.05) is 48.0 Å². The number of hydrogen-bond acceptors (Lipinski definition) is 2. The van der Waals surface area contributed by atoms with Gasteiger partial charge in [0.1, 0.15) is 0 Å². The molecule has 2 nitrogen and oxygen atoms in total. The van der Waals surface area contributed by atoms with E-state index in [1.165, 1.54) is 7.11 Å². The van der Waals surface area contributed by atoms with Gasteiger partial charge in [-0.15, -0.1) is 0 Å². The fourth-order valence-electron chi connectivity index (χ4n) is 1.70. The van der Waals surface area contributed by atoms with Gasteiger partial charge >= 0.3 is 5.71 Å². The maximum atomic E-state index is 11.1. The first-order chi connectivity index (χ1) is 9.19. The predicted octanol–water partition coefficient (Wildman–Crippen LogP) is 4.95. The van der Waals surface area contributed by atoms with Gasteiger partial charge in [0.25, 0.3) is 0 Å². The molecule has 2 aromatic carbocycles. The first-order valence-corrected chi connectivity index (χ1v) is 7.44. The van der Waals surface area contributed by atoms with Crippen LogP contribution in [-0.2, 0) is 10.9 Å². The van der Waals surface area contributed by atoms with Crippen molar-refractivity contribution in [3.63, 3.8) is 0 Å². The van der Waals surface area contributed by atoms with E-state index < -0.39 is 0 Å². The van der Waals surface area contributed by atoms with E-state index in [1.54, 1.807) is 0 Å². The molecule has 19 heavy (non-hydrogen) atoms. The van der Waals surface area contributed by atoms with Gasteiger partial charge in [0.05, 0.1) is 7.11 Å². The molecule has 0 radical (unpaired) electrons. The highest BCUT2D eigenvalue weighted by molar-refractivity contribution is 7.56. The lowest BCUT2D eigenvalue weighted by molar-refractivity contribution is 0.199. The number of rotatable bonds is 4. The standard InChI is InChI=1S/C15H14ClO2P/c1-18-15(17)19-10-11-2-4-12(5-3-11)13-6-8-14(16)9-7-13/h2-9,19H,10H2,1H3. The second kappa shape index (κ2) is 6.70. The molecule has 1 unspecified atom stereocenters. The molecule has 0 aliphatic rings. The van der Waals surface area contributed by atoms with Crippen LogP contribution in [-0.4, -0.2) is 12.8 Å². The van der Waals surface area contributed by atoms with E-state index in [9.17, 15) is 4.79 Å². The monoisotopic (exact) mass is 292 g/mol. The van der Waals surface area contributed by atoms with Crippen LogP contribution >= 0.6 is 20.2 Å². The summed E-state index contributed by atoms with van der Waals surface area (Å²) in [5.41, 5.74) is 3.26. The van der Waals surface area contributed by atoms with E-state index in [1.807, 2.05) is 36.4 Å². The minimum Gasteiger partial charge on any atom is -0.466 e. The highest BCUT2D eigenvalue weighted by Crippen LogP contribution is 2.25. The Kier molecular flexibility index (Phi) is 4.95. The van der Waals surface area contributed by atoms with E-state index in [-0.39, 0.29) is 14.3 Å². The van der Waals surface area contributed by atoms with Gasteiger partial charge in [-0.2, -0.15) is 0 Å². The van der Waals surface area contributed by atoms with E-state index in [0.717, 1.165) is 27.9 Å². The van der Waals surface area contributed by atoms with Crippen molar-refractivity contribution in [3.05, 3.63) is 59.1 Å². The molecule has 0 bridgehead atoms. The van der Waals surface area contributed by atoms with Crippen LogP contribution in [0, 0.1) is 0 Å². The highest BCUT2D eigenvalue weighted by Gasteiger charge is 2.02. The Bertz CT molecular complexity index is 549. The molecule has 2 aromatic rings. The normalized spacial score (nSPS) is 10.8. The summed E-state index contributed by atoms with van der Waals surface area (Å²) < 4.78 is 4.64. The fraction of sp³-hybridized carbons (Fsp3) is 0.133. The van der Waals surface area contributed by atoms with Gasteiger partial charge in [-0.25, -0.2) is 4.79 Å². The lowest BCUT2D eigenvalue weighted by atomic mass is 10.0. The first kappa shape index (κ1) is 14.0. The summed E-state index contributed by atoms with van der Waals surface area (Å²) in [5, 5.41) is 0.736. The predicted molar refractivity (Wildman–Crippen MR) is 81.3 cm³/mol. The summed E-state index contributed by atoms with van der Waals surface area (Å²) in [6.45, 7) is 0. The van der Waals surface area contributed by atoms with Gasteiger partial charge < -0.3 is 4.74 Å². The Hall–Kier alpha value is -1.37. The summed E-state index contributed by atoms with van der Waals surface area (Å²) >= 11 is 5.87. The molecule has 1 atom stereocenters. The van der Waals surface area contributed by atoms with E-state index in [0.29, 0.717) is 0 Å². The van der Waals surface area contributed by atoms with Crippen LogP contribution < -0.4 is 0 Å². The SMILES string of the molecule is COC(=O)PCc1ccc(-c2ccc(Cl)cc2)cc1. The van der Waals surface area contributed by atoms with Crippen molar-refractivity contribution in [2.75, 3.05) is 7.11 Å². The Morgan fingerprint density at radius 1 is 1.05 bits per heavy atom. The number of ether oxygens (including phenoxy) is 1. The highest BCUT2D eigenvalue weighted by atomic mass is 35.5. The summed E-state index contributed by atoms with van der Waals surface area (Å²) in [6.07, 6.45) is 0.730. The third-order valence-corrected chi connectivity index (χ3v) is 4.08. The van der Waals surface area contributed by atoms with Crippen LogP contribution in [0.4, 0.5) is 4.79 Å². The second-order valence-corrected chi connectivity index (χ2v) is 5.60. The molecule has 98 valence electrons. The van der Waals surface area contributed by atoms with Crippen LogP contribution in [0.15, 0.2) is 48.5 Å². The summed E-state index contributed by atoms with van der Waals surface area (Å²) in [6, 6.07) is 15.9. The van der Waals surface area contributed by atoms with Crippen molar-refractivity contribution < 1.29 is 9.53 Å². The van der Waals surface area contributed by atoms with Crippen molar-refractivity contribution in [1.82, 2.24) is 0 Å². The molecular formula is C15H14ClO2P. The van der Waals surface area contributed by atoms with Crippen molar-refractivity contribution in [1.29, 1.82) is 0 Å². The van der Waals surface area contributed by atoms with Crippen LogP contribution in [0.2, 0.25) is 5.02 Å². The maximum Gasteiger partial charge on any atom is 0.323 e. The first-order valence-electron chi connectivity index (χ1n) is 5.86. The summed E-state index contributed by atoms with van der Waals surface area (Å²) in [4.78, 5) is 11.1. The zero-order valence-electron chi connectivity index (χ0n) is 10.5. The maximum absolute atomic E-state index is 11.1. The zero-order chi connectivity index (χ0) is 13.7. The number of carbonyl (C=O) groups excluding carboxylic acids is 1. The minimum atomic E-state index is -0.151. The smallest absolute Gasteiger partial charge is 0.323 e. The third-order valence-electron chi connectivity index (χ3n) is 2.75. The molecule has 0 saturated carbocycles. The average Bonchev–Trinajstić information content (AvgIpc) is 2.46. The largest absolute Gasteiger partial charge is 0.466 e. The van der Waals surface area contributed by atoms with Crippen LogP contribution in [0.1, 0.15) is 5.56 Å². The Morgan fingerprint density at radius 2 is 1.58 bits per heavy atom. The summed E-state index contributed by atoms with van der Waals surface area (Å²) in [5.74, 6) is 0. The summed E-state index contributed by atoms with van der Waals surface area (Å²) in [7, 11) is 1.58. The number of methoxy groups -OCH3 is 1.